The molecular formula is C6H4N4. The Labute approximate surface area is 57.6 Å². The van der Waals surface area contributed by atoms with Crippen molar-refractivity contribution in [3.63, 3.8) is 0 Å². The Morgan fingerprint density at radius 2 is 2.50 bits per heavy atom. The summed E-state index contributed by atoms with van der Waals surface area (Å²) in [6, 6.07) is 0. The Kier molecular flexibility index (Phi) is 0.993. The van der Waals surface area contributed by atoms with Crippen molar-refractivity contribution >= 4 is 17.9 Å². The number of hydrazone groups is 1. The van der Waals surface area contributed by atoms with Crippen molar-refractivity contribution in [1.82, 2.24) is 5.01 Å². The highest BCUT2D eigenvalue weighted by atomic mass is 15.5. The lowest BCUT2D eigenvalue weighted by atomic mass is 10.4. The number of hydrogen-bond acceptors (Lipinski definition) is 4. The van der Waals surface area contributed by atoms with E-state index in [4.69, 9.17) is 0 Å². The van der Waals surface area contributed by atoms with E-state index in [-0.39, 0.29) is 0 Å². The van der Waals surface area contributed by atoms with Crippen molar-refractivity contribution < 1.29 is 0 Å². The van der Waals surface area contributed by atoms with Crippen LogP contribution in [0, 0.1) is 0 Å². The fraction of sp³-hybridized carbons (Fsp3) is 0. The smallest absolute Gasteiger partial charge is 0.177 e. The summed E-state index contributed by atoms with van der Waals surface area (Å²) in [7, 11) is 0. The normalized spacial score (nSPS) is 19.2. The highest BCUT2D eigenvalue weighted by Crippen LogP contribution is 2.02. The van der Waals surface area contributed by atoms with Crippen LogP contribution in [0.25, 0.3) is 0 Å². The lowest BCUT2D eigenvalue weighted by Crippen LogP contribution is -2.21. The molecule has 10 heavy (non-hydrogen) atoms. The van der Waals surface area contributed by atoms with Gasteiger partial charge in [0.2, 0.25) is 0 Å². The molecule has 2 rings (SSSR count). The second kappa shape index (κ2) is 1.93. The zero-order valence-corrected chi connectivity index (χ0v) is 5.10. The summed E-state index contributed by atoms with van der Waals surface area (Å²) in [6.07, 6.45) is 6.95. The molecule has 0 fully saturated rings. The van der Waals surface area contributed by atoms with Crippen molar-refractivity contribution in [2.24, 2.45) is 15.3 Å². The van der Waals surface area contributed by atoms with Crippen molar-refractivity contribution in [2.45, 2.75) is 0 Å². The van der Waals surface area contributed by atoms with Gasteiger partial charge in [-0.15, -0.1) is 10.2 Å². The Morgan fingerprint density at radius 3 is 3.40 bits per heavy atom. The number of fused-ring (bicyclic) bond motifs is 1. The molecular weight excluding hydrogens is 128 g/mol. The number of amidine groups is 1. The van der Waals surface area contributed by atoms with Crippen LogP contribution in [0.5, 0.6) is 0 Å². The van der Waals surface area contributed by atoms with Crippen LogP contribution in [0.2, 0.25) is 0 Å². The zero-order valence-electron chi connectivity index (χ0n) is 5.10. The first-order valence-electron chi connectivity index (χ1n) is 2.83. The van der Waals surface area contributed by atoms with Crippen molar-refractivity contribution in [3.8, 4) is 0 Å². The highest BCUT2D eigenvalue weighted by Gasteiger charge is 2.07. The van der Waals surface area contributed by atoms with Crippen molar-refractivity contribution in [2.75, 3.05) is 0 Å². The van der Waals surface area contributed by atoms with E-state index < -0.39 is 0 Å². The van der Waals surface area contributed by atoms with Crippen LogP contribution in [0.15, 0.2) is 33.7 Å². The van der Waals surface area contributed by atoms with Gasteiger partial charge in [-0.25, -0.2) is 5.01 Å². The average Bonchev–Trinajstić information content (AvgIpc) is 2.05. The fourth-order valence-electron chi connectivity index (χ4n) is 0.714. The molecule has 0 aromatic rings. The predicted octanol–water partition coefficient (Wildman–Crippen LogP) is 0.355. The quantitative estimate of drug-likeness (QED) is 0.469. The van der Waals surface area contributed by atoms with Gasteiger partial charge < -0.3 is 0 Å². The molecule has 0 spiro atoms. The maximum atomic E-state index is 3.96. The molecule has 0 radical (unpaired) electrons. The van der Waals surface area contributed by atoms with Gasteiger partial charge in [-0.1, -0.05) is 0 Å². The molecule has 0 bridgehead atoms. The molecule has 0 aromatic heterocycles. The Bertz CT molecular complexity index is 291. The van der Waals surface area contributed by atoms with Crippen LogP contribution in [0.4, 0.5) is 0 Å². The topological polar surface area (TPSA) is 40.3 Å². The second-order valence-electron chi connectivity index (χ2n) is 1.78. The molecule has 4 heteroatoms. The minimum absolute atomic E-state index is 0.723. The summed E-state index contributed by atoms with van der Waals surface area (Å²) in [4.78, 5) is 0. The van der Waals surface area contributed by atoms with Crippen molar-refractivity contribution in [3.05, 3.63) is 18.4 Å². The maximum Gasteiger partial charge on any atom is 0.177 e. The second-order valence-corrected chi connectivity index (χ2v) is 1.78. The molecule has 0 saturated heterocycles. The molecule has 0 amide bonds. The monoisotopic (exact) mass is 132 g/mol. The molecule has 0 saturated carbocycles. The minimum atomic E-state index is 0.723. The lowest BCUT2D eigenvalue weighted by Gasteiger charge is -2.14. The zero-order chi connectivity index (χ0) is 6.81. The van der Waals surface area contributed by atoms with Gasteiger partial charge in [0, 0.05) is 12.1 Å². The molecule has 2 aliphatic rings. The number of hydrogen-bond donors (Lipinski definition) is 0. The minimum Gasteiger partial charge on any atom is -0.211 e. The van der Waals surface area contributed by atoms with Crippen LogP contribution in [-0.4, -0.2) is 22.9 Å². The summed E-state index contributed by atoms with van der Waals surface area (Å²) in [5.74, 6) is 3.30. The van der Waals surface area contributed by atoms with Crippen LogP contribution >= 0.6 is 0 Å². The molecule has 0 N–H and O–H groups in total. The molecule has 2 aliphatic heterocycles. The largest absolute Gasteiger partial charge is 0.211 e. The van der Waals surface area contributed by atoms with Crippen LogP contribution < -0.4 is 0 Å². The molecule has 2 heterocycles. The first-order valence-corrected chi connectivity index (χ1v) is 2.83. The maximum absolute atomic E-state index is 3.96. The summed E-state index contributed by atoms with van der Waals surface area (Å²) in [6.45, 7) is 0. The van der Waals surface area contributed by atoms with Gasteiger partial charge in [0.1, 0.15) is 0 Å². The Balaban J connectivity index is 2.45. The number of allylic oxidation sites excluding steroid dienone is 1. The molecule has 4 nitrogen and oxygen atoms in total. The first kappa shape index (κ1) is 5.14. The Morgan fingerprint density at radius 1 is 1.50 bits per heavy atom. The molecule has 0 aromatic carbocycles. The third kappa shape index (κ3) is 0.674. The van der Waals surface area contributed by atoms with Crippen LogP contribution in [0.1, 0.15) is 0 Å². The van der Waals surface area contributed by atoms with E-state index in [1.54, 1.807) is 17.4 Å². The van der Waals surface area contributed by atoms with Crippen LogP contribution in [0.3, 0.4) is 0 Å². The summed E-state index contributed by atoms with van der Waals surface area (Å²) < 4.78 is 0. The molecule has 48 valence electrons. The lowest BCUT2D eigenvalue weighted by molar-refractivity contribution is 0.605. The van der Waals surface area contributed by atoms with Crippen LogP contribution in [-0.2, 0) is 0 Å². The molecule has 0 unspecified atom stereocenters. The highest BCUT2D eigenvalue weighted by molar-refractivity contribution is 6.00. The van der Waals surface area contributed by atoms with Gasteiger partial charge in [0.15, 0.2) is 5.84 Å². The number of rotatable bonds is 0. The summed E-state index contributed by atoms with van der Waals surface area (Å²) in [5, 5.41) is 12.9. The summed E-state index contributed by atoms with van der Waals surface area (Å²) >= 11 is 0. The van der Waals surface area contributed by atoms with E-state index in [9.17, 15) is 0 Å². The van der Waals surface area contributed by atoms with E-state index in [1.807, 2.05) is 12.2 Å². The third-order valence-electron chi connectivity index (χ3n) is 1.15. The van der Waals surface area contributed by atoms with E-state index in [1.165, 1.54) is 0 Å². The van der Waals surface area contributed by atoms with E-state index >= 15 is 0 Å². The van der Waals surface area contributed by atoms with Gasteiger partial charge in [-0.2, -0.15) is 5.10 Å². The average molecular weight is 132 g/mol. The predicted molar refractivity (Wildman–Crippen MR) is 38.9 cm³/mol. The number of nitrogens with zero attached hydrogens (tertiary/aromatic N) is 4. The molecule has 0 atom stereocenters. The van der Waals surface area contributed by atoms with E-state index in [0.717, 1.165) is 5.84 Å². The first-order chi connectivity index (χ1) is 4.97. The van der Waals surface area contributed by atoms with Gasteiger partial charge in [0.25, 0.3) is 0 Å². The van der Waals surface area contributed by atoms with Gasteiger partial charge in [-0.3, -0.25) is 0 Å². The standard InChI is InChI=1S/C6H4N4/c1-2-6-9-7-4-5-10(6)8-3-1/h1-3,5H. The van der Waals surface area contributed by atoms with E-state index in [2.05, 4.69) is 21.2 Å². The van der Waals surface area contributed by atoms with Crippen molar-refractivity contribution in [1.29, 1.82) is 0 Å². The SMILES string of the molecule is C1=CN2N=CC=CC2=NN=1. The van der Waals surface area contributed by atoms with E-state index in [0.29, 0.717) is 0 Å². The third-order valence-corrected chi connectivity index (χ3v) is 1.15. The van der Waals surface area contributed by atoms with Gasteiger partial charge in [0.05, 0.1) is 6.20 Å². The van der Waals surface area contributed by atoms with Gasteiger partial charge >= 0.3 is 0 Å². The molecule has 0 aliphatic carbocycles. The Hall–Kier alpha value is -1.67. The summed E-state index contributed by atoms with van der Waals surface area (Å²) in [5.41, 5.74) is 0. The van der Waals surface area contributed by atoms with Gasteiger partial charge in [-0.05, 0) is 12.2 Å². The fourth-order valence-corrected chi connectivity index (χ4v) is 0.714.